The second kappa shape index (κ2) is 6.79. The summed E-state index contributed by atoms with van der Waals surface area (Å²) in [6, 6.07) is 6.03. The fraction of sp³-hybridized carbons (Fsp3) is 0.533. The second-order valence-corrected chi connectivity index (χ2v) is 5.78. The molecule has 0 aliphatic carbocycles. The van der Waals surface area contributed by atoms with Gasteiger partial charge in [0.15, 0.2) is 0 Å². The standard InChI is InChI=1S/C15H20Cl2N2O/c1-4-20-9-13(10(2)3)19-12-7-5-6-11(17)15(12)18-14(19)8-16/h5-7,10,13H,4,8-9H2,1-3H3. The van der Waals surface area contributed by atoms with Crippen molar-refractivity contribution < 1.29 is 4.74 Å². The van der Waals surface area contributed by atoms with Crippen LogP contribution in [0.25, 0.3) is 11.0 Å². The molecule has 0 N–H and O–H groups in total. The minimum Gasteiger partial charge on any atom is -0.380 e. The third kappa shape index (κ3) is 2.95. The number of ether oxygens (including phenoxy) is 1. The molecule has 0 aliphatic heterocycles. The number of para-hydroxylation sites is 1. The summed E-state index contributed by atoms with van der Waals surface area (Å²) in [6.07, 6.45) is 0. The summed E-state index contributed by atoms with van der Waals surface area (Å²) in [7, 11) is 0. The first kappa shape index (κ1) is 15.6. The molecule has 3 nitrogen and oxygen atoms in total. The maximum absolute atomic E-state index is 6.24. The van der Waals surface area contributed by atoms with Crippen molar-refractivity contribution in [3.05, 3.63) is 29.0 Å². The number of nitrogens with zero attached hydrogens (tertiary/aromatic N) is 2. The lowest BCUT2D eigenvalue weighted by molar-refractivity contribution is 0.0971. The minimum atomic E-state index is 0.201. The van der Waals surface area contributed by atoms with Crippen LogP contribution in [0.4, 0.5) is 0 Å². The molecule has 1 aromatic heterocycles. The maximum atomic E-state index is 6.24. The number of aromatic nitrogens is 2. The van der Waals surface area contributed by atoms with Gasteiger partial charge in [0.2, 0.25) is 0 Å². The maximum Gasteiger partial charge on any atom is 0.125 e. The summed E-state index contributed by atoms with van der Waals surface area (Å²) in [5.41, 5.74) is 1.83. The predicted molar refractivity (Wildman–Crippen MR) is 84.7 cm³/mol. The van der Waals surface area contributed by atoms with Gasteiger partial charge in [0.1, 0.15) is 11.3 Å². The fourth-order valence-corrected chi connectivity index (χ4v) is 2.80. The van der Waals surface area contributed by atoms with Gasteiger partial charge >= 0.3 is 0 Å². The van der Waals surface area contributed by atoms with Gasteiger partial charge in [0.05, 0.1) is 29.1 Å². The van der Waals surface area contributed by atoms with E-state index < -0.39 is 0 Å². The Balaban J connectivity index is 2.57. The van der Waals surface area contributed by atoms with E-state index in [9.17, 15) is 0 Å². The molecule has 0 spiro atoms. The molecule has 0 saturated carbocycles. The van der Waals surface area contributed by atoms with E-state index in [0.29, 0.717) is 30.0 Å². The number of rotatable bonds is 6. The van der Waals surface area contributed by atoms with Gasteiger partial charge in [-0.15, -0.1) is 11.6 Å². The van der Waals surface area contributed by atoms with E-state index >= 15 is 0 Å². The first-order valence-corrected chi connectivity index (χ1v) is 7.80. The Morgan fingerprint density at radius 3 is 2.70 bits per heavy atom. The molecular weight excluding hydrogens is 295 g/mol. The van der Waals surface area contributed by atoms with Gasteiger partial charge in [-0.05, 0) is 25.0 Å². The number of benzene rings is 1. The van der Waals surface area contributed by atoms with Crippen LogP contribution in [0.5, 0.6) is 0 Å². The Hall–Kier alpha value is -0.770. The Morgan fingerprint density at radius 1 is 1.35 bits per heavy atom. The van der Waals surface area contributed by atoms with Crippen LogP contribution in [0.15, 0.2) is 18.2 Å². The van der Waals surface area contributed by atoms with Crippen molar-refractivity contribution >= 4 is 34.2 Å². The molecule has 0 aliphatic rings. The van der Waals surface area contributed by atoms with Crippen LogP contribution < -0.4 is 0 Å². The highest BCUT2D eigenvalue weighted by Crippen LogP contribution is 2.30. The summed E-state index contributed by atoms with van der Waals surface area (Å²) in [5.74, 6) is 1.62. The van der Waals surface area contributed by atoms with Crippen molar-refractivity contribution in [2.45, 2.75) is 32.7 Å². The van der Waals surface area contributed by atoms with Crippen LogP contribution in [0.3, 0.4) is 0 Å². The smallest absolute Gasteiger partial charge is 0.125 e. The zero-order valence-corrected chi connectivity index (χ0v) is 13.6. The average Bonchev–Trinajstić information content (AvgIpc) is 2.79. The van der Waals surface area contributed by atoms with Gasteiger partial charge in [0.25, 0.3) is 0 Å². The molecule has 0 fully saturated rings. The largest absolute Gasteiger partial charge is 0.380 e. The Bertz CT molecular complexity index is 581. The molecular formula is C15H20Cl2N2O. The number of fused-ring (bicyclic) bond motifs is 1. The third-order valence-corrected chi connectivity index (χ3v) is 4.00. The molecule has 20 heavy (non-hydrogen) atoms. The summed E-state index contributed by atoms with van der Waals surface area (Å²) in [6.45, 7) is 7.71. The van der Waals surface area contributed by atoms with E-state index in [4.69, 9.17) is 27.9 Å². The van der Waals surface area contributed by atoms with E-state index in [-0.39, 0.29) is 6.04 Å². The molecule has 110 valence electrons. The van der Waals surface area contributed by atoms with Gasteiger partial charge in [-0.2, -0.15) is 0 Å². The Kier molecular flexibility index (Phi) is 5.30. The molecule has 0 saturated heterocycles. The van der Waals surface area contributed by atoms with Crippen LogP contribution in [0.1, 0.15) is 32.6 Å². The molecule has 0 bridgehead atoms. The lowest BCUT2D eigenvalue weighted by Crippen LogP contribution is -2.22. The lowest BCUT2D eigenvalue weighted by atomic mass is 10.0. The molecule has 0 amide bonds. The minimum absolute atomic E-state index is 0.201. The van der Waals surface area contributed by atoms with Crippen molar-refractivity contribution in [3.63, 3.8) is 0 Å². The average molecular weight is 315 g/mol. The van der Waals surface area contributed by atoms with Gasteiger partial charge in [-0.25, -0.2) is 4.98 Å². The Labute approximate surface area is 129 Å². The number of hydrogen-bond acceptors (Lipinski definition) is 2. The number of hydrogen-bond donors (Lipinski definition) is 0. The van der Waals surface area contributed by atoms with Gasteiger partial charge in [-0.1, -0.05) is 31.5 Å². The van der Waals surface area contributed by atoms with Crippen LogP contribution in [0.2, 0.25) is 5.02 Å². The van der Waals surface area contributed by atoms with E-state index in [2.05, 4.69) is 23.4 Å². The van der Waals surface area contributed by atoms with E-state index in [1.54, 1.807) is 0 Å². The zero-order valence-electron chi connectivity index (χ0n) is 12.1. The van der Waals surface area contributed by atoms with Crippen LogP contribution in [0, 0.1) is 5.92 Å². The third-order valence-electron chi connectivity index (χ3n) is 3.46. The monoisotopic (exact) mass is 314 g/mol. The molecule has 1 aromatic carbocycles. The first-order valence-electron chi connectivity index (χ1n) is 6.89. The highest BCUT2D eigenvalue weighted by molar-refractivity contribution is 6.35. The molecule has 1 unspecified atom stereocenters. The molecule has 2 aromatic rings. The highest BCUT2D eigenvalue weighted by Gasteiger charge is 2.22. The van der Waals surface area contributed by atoms with Crippen molar-refractivity contribution in [2.24, 2.45) is 5.92 Å². The van der Waals surface area contributed by atoms with Crippen molar-refractivity contribution in [3.8, 4) is 0 Å². The number of imidazole rings is 1. The van der Waals surface area contributed by atoms with Crippen LogP contribution in [-0.4, -0.2) is 22.8 Å². The molecule has 2 rings (SSSR count). The second-order valence-electron chi connectivity index (χ2n) is 5.11. The predicted octanol–water partition coefficient (Wildman–Crippen LogP) is 4.66. The van der Waals surface area contributed by atoms with E-state index in [1.165, 1.54) is 0 Å². The summed E-state index contributed by atoms with van der Waals surface area (Å²) < 4.78 is 7.81. The molecule has 5 heteroatoms. The van der Waals surface area contributed by atoms with Gasteiger partial charge in [0, 0.05) is 6.61 Å². The zero-order chi connectivity index (χ0) is 14.7. The van der Waals surface area contributed by atoms with Gasteiger partial charge in [-0.3, -0.25) is 0 Å². The Morgan fingerprint density at radius 2 is 2.10 bits per heavy atom. The SMILES string of the molecule is CCOCC(C(C)C)n1c(CCl)nc2c(Cl)cccc21. The van der Waals surface area contributed by atoms with Crippen molar-refractivity contribution in [1.29, 1.82) is 0 Å². The van der Waals surface area contributed by atoms with Crippen LogP contribution >= 0.6 is 23.2 Å². The summed E-state index contributed by atoms with van der Waals surface area (Å²) in [4.78, 5) is 4.59. The molecule has 1 heterocycles. The van der Waals surface area contributed by atoms with E-state index in [1.807, 2.05) is 25.1 Å². The molecule has 1 atom stereocenters. The van der Waals surface area contributed by atoms with E-state index in [0.717, 1.165) is 16.9 Å². The lowest BCUT2D eigenvalue weighted by Gasteiger charge is -2.24. The highest BCUT2D eigenvalue weighted by atomic mass is 35.5. The fourth-order valence-electron chi connectivity index (χ4n) is 2.40. The quantitative estimate of drug-likeness (QED) is 0.725. The van der Waals surface area contributed by atoms with Crippen LogP contribution in [-0.2, 0) is 10.6 Å². The van der Waals surface area contributed by atoms with Gasteiger partial charge < -0.3 is 9.30 Å². The number of halogens is 2. The van der Waals surface area contributed by atoms with Crippen molar-refractivity contribution in [1.82, 2.24) is 9.55 Å². The van der Waals surface area contributed by atoms with Crippen molar-refractivity contribution in [2.75, 3.05) is 13.2 Å². The topological polar surface area (TPSA) is 27.1 Å². The number of alkyl halides is 1. The summed E-state index contributed by atoms with van der Waals surface area (Å²) >= 11 is 12.3. The normalized spacial score (nSPS) is 13.3. The summed E-state index contributed by atoms with van der Waals surface area (Å²) in [5, 5.41) is 0.659. The first-order chi connectivity index (χ1) is 9.60. The molecule has 0 radical (unpaired) electrons.